The van der Waals surface area contributed by atoms with Crippen LogP contribution in [0.15, 0.2) is 24.3 Å². The predicted octanol–water partition coefficient (Wildman–Crippen LogP) is 7.19. The van der Waals surface area contributed by atoms with Gasteiger partial charge in [0.1, 0.15) is 11.5 Å². The zero-order chi connectivity index (χ0) is 21.2. The minimum absolute atomic E-state index is 0.130. The molecule has 0 saturated heterocycles. The van der Waals surface area contributed by atoms with Crippen LogP contribution in [0.1, 0.15) is 88.2 Å². The van der Waals surface area contributed by atoms with Crippen molar-refractivity contribution < 1.29 is 10.2 Å². The highest BCUT2D eigenvalue weighted by molar-refractivity contribution is 5.94. The Kier molecular flexibility index (Phi) is 3.53. The van der Waals surface area contributed by atoms with E-state index in [4.69, 9.17) is 0 Å². The maximum absolute atomic E-state index is 11.3. The first kappa shape index (κ1) is 18.7. The number of hydrogen-bond donors (Lipinski definition) is 2. The van der Waals surface area contributed by atoms with Gasteiger partial charge in [0.25, 0.3) is 0 Å². The van der Waals surface area contributed by atoms with Gasteiger partial charge in [-0.2, -0.15) is 0 Å². The van der Waals surface area contributed by atoms with Gasteiger partial charge in [-0.25, -0.2) is 0 Å². The third kappa shape index (κ3) is 2.42. The molecule has 2 nitrogen and oxygen atoms in total. The number of rotatable bonds is 2. The maximum atomic E-state index is 11.3. The molecule has 0 heterocycles. The highest BCUT2D eigenvalue weighted by Gasteiger charge is 2.54. The molecule has 8 bridgehead atoms. The molecule has 2 N–H and O–H groups in total. The first-order valence-corrected chi connectivity index (χ1v) is 13.5. The van der Waals surface area contributed by atoms with E-state index >= 15 is 0 Å². The van der Waals surface area contributed by atoms with E-state index in [0.29, 0.717) is 11.2 Å². The summed E-state index contributed by atoms with van der Waals surface area (Å²) in [5.74, 6) is 5.93. The lowest BCUT2D eigenvalue weighted by atomic mass is 9.47. The van der Waals surface area contributed by atoms with Crippen LogP contribution in [0.2, 0.25) is 0 Å². The van der Waals surface area contributed by atoms with Crippen LogP contribution in [-0.4, -0.2) is 10.2 Å². The minimum atomic E-state index is 0.130. The van der Waals surface area contributed by atoms with Crippen molar-refractivity contribution in [3.63, 3.8) is 0 Å². The summed E-state index contributed by atoms with van der Waals surface area (Å²) < 4.78 is 0. The second kappa shape index (κ2) is 6.05. The van der Waals surface area contributed by atoms with E-state index < -0.39 is 0 Å². The molecule has 0 spiro atoms. The van der Waals surface area contributed by atoms with Gasteiger partial charge in [0.15, 0.2) is 0 Å². The number of aromatic hydroxyl groups is 2. The van der Waals surface area contributed by atoms with Gasteiger partial charge in [-0.05, 0) is 129 Å². The zero-order valence-corrected chi connectivity index (χ0v) is 19.2. The van der Waals surface area contributed by atoms with Crippen molar-refractivity contribution in [2.45, 2.75) is 87.9 Å². The topological polar surface area (TPSA) is 40.5 Å². The summed E-state index contributed by atoms with van der Waals surface area (Å²) in [6, 6.07) is 8.65. The van der Waals surface area contributed by atoms with E-state index in [1.165, 1.54) is 93.6 Å². The molecule has 0 radical (unpaired) electrons. The van der Waals surface area contributed by atoms with E-state index in [1.807, 2.05) is 0 Å². The molecule has 0 atom stereocenters. The van der Waals surface area contributed by atoms with E-state index in [-0.39, 0.29) is 11.2 Å². The van der Waals surface area contributed by atoms with Gasteiger partial charge in [0.05, 0.1) is 0 Å². The van der Waals surface area contributed by atoms with Crippen molar-refractivity contribution in [2.75, 3.05) is 0 Å². The highest BCUT2D eigenvalue weighted by atomic mass is 16.3. The first-order valence-electron chi connectivity index (χ1n) is 13.5. The molecule has 2 aromatic carbocycles. The van der Waals surface area contributed by atoms with Crippen molar-refractivity contribution in [3.8, 4) is 11.5 Å². The molecule has 8 aliphatic carbocycles. The summed E-state index contributed by atoms with van der Waals surface area (Å²) in [5, 5.41) is 24.3. The molecule has 0 unspecified atom stereocenters. The van der Waals surface area contributed by atoms with Gasteiger partial charge < -0.3 is 10.2 Å². The Morgan fingerprint density at radius 3 is 1.50 bits per heavy atom. The van der Waals surface area contributed by atoms with Crippen molar-refractivity contribution in [3.05, 3.63) is 35.4 Å². The molecule has 0 amide bonds. The van der Waals surface area contributed by atoms with Gasteiger partial charge in [-0.3, -0.25) is 0 Å². The molecule has 2 aromatic rings. The van der Waals surface area contributed by atoms with Crippen molar-refractivity contribution in [2.24, 2.45) is 35.5 Å². The molecular formula is C30H36O2. The van der Waals surface area contributed by atoms with E-state index in [1.54, 1.807) is 6.07 Å². The van der Waals surface area contributed by atoms with Gasteiger partial charge >= 0.3 is 0 Å². The summed E-state index contributed by atoms with van der Waals surface area (Å²) in [7, 11) is 0. The maximum Gasteiger partial charge on any atom is 0.127 e. The molecule has 32 heavy (non-hydrogen) atoms. The van der Waals surface area contributed by atoms with Crippen LogP contribution in [0.5, 0.6) is 11.5 Å². The zero-order valence-electron chi connectivity index (χ0n) is 19.2. The number of fused-ring (bicyclic) bond motifs is 1. The molecule has 168 valence electrons. The van der Waals surface area contributed by atoms with Gasteiger partial charge in [-0.15, -0.1) is 0 Å². The van der Waals surface area contributed by atoms with E-state index in [2.05, 4.69) is 18.2 Å². The molecule has 0 aromatic heterocycles. The fourth-order valence-electron chi connectivity index (χ4n) is 11.2. The third-order valence-corrected chi connectivity index (χ3v) is 11.3. The Morgan fingerprint density at radius 2 is 1.00 bits per heavy atom. The number of phenols is 2. The summed E-state index contributed by atoms with van der Waals surface area (Å²) in [6.07, 6.45) is 16.5. The average molecular weight is 429 g/mol. The van der Waals surface area contributed by atoms with Gasteiger partial charge in [0, 0.05) is 22.4 Å². The summed E-state index contributed by atoms with van der Waals surface area (Å²) in [6.45, 7) is 0. The molecule has 10 rings (SSSR count). The number of phenolic OH excluding ortho intramolecular Hbond substituents is 2. The lowest BCUT2D eigenvalue weighted by Gasteiger charge is -2.58. The van der Waals surface area contributed by atoms with Crippen LogP contribution >= 0.6 is 0 Å². The van der Waals surface area contributed by atoms with Crippen molar-refractivity contribution in [1.82, 2.24) is 0 Å². The standard InChI is InChI=1S/C30H36O2/c31-26-10-27(32)28(30-14-20-6-21(15-30)8-22(7-20)16-30)25-9-23(1-2-24(25)26)29-11-17-3-18(12-29)5-19(4-17)13-29/h1-2,9-10,17-22,31-32H,3-8,11-16H2. The molecule has 2 heteroatoms. The van der Waals surface area contributed by atoms with Crippen LogP contribution in [0, 0.1) is 35.5 Å². The van der Waals surface area contributed by atoms with Crippen LogP contribution in [0.3, 0.4) is 0 Å². The van der Waals surface area contributed by atoms with Crippen molar-refractivity contribution >= 4 is 10.8 Å². The van der Waals surface area contributed by atoms with Crippen LogP contribution < -0.4 is 0 Å². The summed E-state index contributed by atoms with van der Waals surface area (Å²) in [4.78, 5) is 0. The van der Waals surface area contributed by atoms with Crippen LogP contribution in [0.25, 0.3) is 10.8 Å². The minimum Gasteiger partial charge on any atom is -0.507 e. The van der Waals surface area contributed by atoms with Gasteiger partial charge in [0.2, 0.25) is 0 Å². The number of hydrogen-bond acceptors (Lipinski definition) is 2. The lowest BCUT2D eigenvalue weighted by molar-refractivity contribution is -0.00610. The van der Waals surface area contributed by atoms with Crippen LogP contribution in [-0.2, 0) is 10.8 Å². The largest absolute Gasteiger partial charge is 0.507 e. The molecule has 8 saturated carbocycles. The van der Waals surface area contributed by atoms with E-state index in [9.17, 15) is 10.2 Å². The molecule has 0 aliphatic heterocycles. The van der Waals surface area contributed by atoms with Crippen LogP contribution in [0.4, 0.5) is 0 Å². The monoisotopic (exact) mass is 428 g/mol. The Hall–Kier alpha value is -1.70. The van der Waals surface area contributed by atoms with Gasteiger partial charge in [-0.1, -0.05) is 18.2 Å². The SMILES string of the molecule is Oc1cc(O)c2ccc(C34CC5CC(CC(C5)C3)C4)cc2c1C12CC3CC(CC(C3)C1)C2. The second-order valence-corrected chi connectivity index (χ2v) is 13.4. The smallest absolute Gasteiger partial charge is 0.127 e. The fourth-order valence-corrected chi connectivity index (χ4v) is 11.2. The fraction of sp³-hybridized carbons (Fsp3) is 0.667. The Labute approximate surface area is 191 Å². The molecule has 8 aliphatic rings. The Balaban J connectivity index is 1.32. The average Bonchev–Trinajstić information content (AvgIpc) is 2.71. The first-order chi connectivity index (χ1) is 15.5. The third-order valence-electron chi connectivity index (χ3n) is 11.3. The van der Waals surface area contributed by atoms with E-state index in [0.717, 1.165) is 40.9 Å². The summed E-state index contributed by atoms with van der Waals surface area (Å²) in [5.41, 5.74) is 3.20. The Morgan fingerprint density at radius 1 is 0.531 bits per heavy atom. The molecule has 8 fully saturated rings. The highest BCUT2D eigenvalue weighted by Crippen LogP contribution is 2.64. The normalized spacial score (nSPS) is 45.8. The number of benzene rings is 2. The Bertz CT molecular complexity index is 1060. The molecular weight excluding hydrogens is 392 g/mol. The van der Waals surface area contributed by atoms with Crippen molar-refractivity contribution in [1.29, 1.82) is 0 Å². The summed E-state index contributed by atoms with van der Waals surface area (Å²) >= 11 is 0. The second-order valence-electron chi connectivity index (χ2n) is 13.4. The predicted molar refractivity (Wildman–Crippen MR) is 127 cm³/mol. The lowest BCUT2D eigenvalue weighted by Crippen LogP contribution is -2.49. The quantitative estimate of drug-likeness (QED) is 0.531.